The van der Waals surface area contributed by atoms with E-state index >= 15 is 0 Å². The zero-order valence-electron chi connectivity index (χ0n) is 4.60. The highest BCUT2D eigenvalue weighted by atomic mass is 79.9. The minimum Gasteiger partial charge on any atom is -0.278 e. The molecular formula is C6H8BrN. The maximum atomic E-state index is 4.17. The first kappa shape index (κ1) is 6.02. The van der Waals surface area contributed by atoms with Gasteiger partial charge in [-0.1, -0.05) is 6.08 Å². The summed E-state index contributed by atoms with van der Waals surface area (Å²) in [7, 11) is 0. The summed E-state index contributed by atoms with van der Waals surface area (Å²) in [5.41, 5.74) is 0. The molecule has 0 aromatic rings. The van der Waals surface area contributed by atoms with Crippen molar-refractivity contribution < 1.29 is 0 Å². The first-order valence-electron chi connectivity index (χ1n) is 2.76. The molecule has 1 aliphatic heterocycles. The van der Waals surface area contributed by atoms with E-state index in [1.165, 1.54) is 12.8 Å². The molecule has 0 spiro atoms. The van der Waals surface area contributed by atoms with Crippen molar-refractivity contribution in [3.8, 4) is 0 Å². The van der Waals surface area contributed by atoms with E-state index in [4.69, 9.17) is 0 Å². The summed E-state index contributed by atoms with van der Waals surface area (Å²) in [5.74, 6) is 0. The topological polar surface area (TPSA) is 12.4 Å². The maximum absolute atomic E-state index is 4.17. The monoisotopic (exact) mass is 173 g/mol. The lowest BCUT2D eigenvalue weighted by molar-refractivity contribution is 0.866. The van der Waals surface area contributed by atoms with Crippen LogP contribution < -0.4 is 0 Å². The smallest absolute Gasteiger partial charge is 0.0997 e. The van der Waals surface area contributed by atoms with Gasteiger partial charge in [-0.05, 0) is 34.8 Å². The zero-order valence-corrected chi connectivity index (χ0v) is 6.19. The molecule has 0 bridgehead atoms. The molecule has 0 saturated carbocycles. The standard InChI is InChI=1S/C6H8BrN/c7-6-4-2-1-3-5-8-6/h2,4H,1,3,5H2. The molecule has 8 heavy (non-hydrogen) atoms. The van der Waals surface area contributed by atoms with Gasteiger partial charge in [0.2, 0.25) is 0 Å². The number of allylic oxidation sites excluding steroid dienone is 2. The summed E-state index contributed by atoms with van der Waals surface area (Å²) in [6.07, 6.45) is 6.50. The van der Waals surface area contributed by atoms with Crippen LogP contribution in [0.3, 0.4) is 0 Å². The highest BCUT2D eigenvalue weighted by Gasteiger charge is 1.90. The SMILES string of the molecule is BrC1=NCCCC=C1. The van der Waals surface area contributed by atoms with E-state index < -0.39 is 0 Å². The van der Waals surface area contributed by atoms with Crippen molar-refractivity contribution in [2.24, 2.45) is 4.99 Å². The van der Waals surface area contributed by atoms with Crippen LogP contribution in [-0.2, 0) is 0 Å². The predicted octanol–water partition coefficient (Wildman–Crippen LogP) is 2.13. The van der Waals surface area contributed by atoms with Gasteiger partial charge in [-0.2, -0.15) is 0 Å². The first-order chi connectivity index (χ1) is 3.89. The van der Waals surface area contributed by atoms with Gasteiger partial charge >= 0.3 is 0 Å². The van der Waals surface area contributed by atoms with Crippen molar-refractivity contribution in [3.05, 3.63) is 12.2 Å². The van der Waals surface area contributed by atoms with Crippen LogP contribution in [0.2, 0.25) is 0 Å². The Morgan fingerprint density at radius 3 is 3.38 bits per heavy atom. The summed E-state index contributed by atoms with van der Waals surface area (Å²) >= 11 is 3.30. The van der Waals surface area contributed by atoms with Crippen LogP contribution in [0.5, 0.6) is 0 Å². The Morgan fingerprint density at radius 2 is 2.50 bits per heavy atom. The molecule has 0 aliphatic carbocycles. The molecule has 0 aromatic carbocycles. The second kappa shape index (κ2) is 3.02. The van der Waals surface area contributed by atoms with Crippen LogP contribution in [0, 0.1) is 0 Å². The lowest BCUT2D eigenvalue weighted by Gasteiger charge is -1.83. The molecular weight excluding hydrogens is 166 g/mol. The third kappa shape index (κ3) is 1.78. The summed E-state index contributed by atoms with van der Waals surface area (Å²) < 4.78 is 0.981. The molecule has 0 saturated heterocycles. The minimum absolute atomic E-state index is 0.966. The third-order valence-corrected chi connectivity index (χ3v) is 1.56. The second-order valence-corrected chi connectivity index (χ2v) is 2.56. The number of aliphatic imine (C=N–C) groups is 1. The highest BCUT2D eigenvalue weighted by molar-refractivity contribution is 9.18. The van der Waals surface area contributed by atoms with E-state index in [1.807, 2.05) is 6.08 Å². The number of nitrogens with zero attached hydrogens (tertiary/aromatic N) is 1. The zero-order chi connectivity index (χ0) is 5.82. The molecule has 1 rings (SSSR count). The number of halogens is 1. The molecule has 0 N–H and O–H groups in total. The quantitative estimate of drug-likeness (QED) is 0.533. The van der Waals surface area contributed by atoms with Gasteiger partial charge in [0.05, 0.1) is 4.62 Å². The molecule has 1 heterocycles. The predicted molar refractivity (Wildman–Crippen MR) is 39.6 cm³/mol. The van der Waals surface area contributed by atoms with Crippen molar-refractivity contribution >= 4 is 20.6 Å². The molecule has 1 nitrogen and oxygen atoms in total. The number of hydrogen-bond donors (Lipinski definition) is 0. The molecule has 0 unspecified atom stereocenters. The number of hydrogen-bond acceptors (Lipinski definition) is 1. The van der Waals surface area contributed by atoms with Gasteiger partial charge in [0.25, 0.3) is 0 Å². The average molecular weight is 174 g/mol. The molecule has 0 fully saturated rings. The van der Waals surface area contributed by atoms with Crippen molar-refractivity contribution in [1.82, 2.24) is 0 Å². The van der Waals surface area contributed by atoms with Gasteiger partial charge in [-0.15, -0.1) is 0 Å². The number of rotatable bonds is 0. The lowest BCUT2D eigenvalue weighted by Crippen LogP contribution is -1.78. The van der Waals surface area contributed by atoms with Gasteiger partial charge in [0, 0.05) is 6.54 Å². The van der Waals surface area contributed by atoms with Crippen molar-refractivity contribution in [2.45, 2.75) is 12.8 Å². The molecule has 1 aliphatic rings. The van der Waals surface area contributed by atoms with Crippen molar-refractivity contribution in [2.75, 3.05) is 6.54 Å². The summed E-state index contributed by atoms with van der Waals surface area (Å²) in [5, 5.41) is 0. The van der Waals surface area contributed by atoms with E-state index in [9.17, 15) is 0 Å². The van der Waals surface area contributed by atoms with E-state index in [1.54, 1.807) is 0 Å². The maximum Gasteiger partial charge on any atom is 0.0997 e. The van der Waals surface area contributed by atoms with E-state index in [2.05, 4.69) is 27.0 Å². The molecule has 0 radical (unpaired) electrons. The molecule has 0 aromatic heterocycles. The molecule has 2 heteroatoms. The fraction of sp³-hybridized carbons (Fsp3) is 0.500. The minimum atomic E-state index is 0.966. The van der Waals surface area contributed by atoms with Crippen LogP contribution in [-0.4, -0.2) is 11.2 Å². The van der Waals surface area contributed by atoms with Gasteiger partial charge < -0.3 is 0 Å². The third-order valence-electron chi connectivity index (χ3n) is 1.05. The van der Waals surface area contributed by atoms with E-state index in [0.29, 0.717) is 0 Å². The largest absolute Gasteiger partial charge is 0.278 e. The van der Waals surface area contributed by atoms with Crippen molar-refractivity contribution in [1.29, 1.82) is 0 Å². The Labute approximate surface area is 57.6 Å². The Morgan fingerprint density at radius 1 is 1.62 bits per heavy atom. The highest BCUT2D eigenvalue weighted by Crippen LogP contribution is 2.02. The summed E-state index contributed by atoms with van der Waals surface area (Å²) in [6.45, 7) is 0.966. The fourth-order valence-corrected chi connectivity index (χ4v) is 0.993. The Kier molecular flexibility index (Phi) is 2.27. The van der Waals surface area contributed by atoms with Crippen LogP contribution in [0.15, 0.2) is 17.1 Å². The van der Waals surface area contributed by atoms with Gasteiger partial charge in [0.1, 0.15) is 0 Å². The summed E-state index contributed by atoms with van der Waals surface area (Å²) in [4.78, 5) is 4.17. The van der Waals surface area contributed by atoms with Gasteiger partial charge in [-0.3, -0.25) is 4.99 Å². The Hall–Kier alpha value is -0.110. The summed E-state index contributed by atoms with van der Waals surface area (Å²) in [6, 6.07) is 0. The average Bonchev–Trinajstić information content (AvgIpc) is 1.94. The van der Waals surface area contributed by atoms with Gasteiger partial charge in [0.15, 0.2) is 0 Å². The Balaban J connectivity index is 2.55. The second-order valence-electron chi connectivity index (χ2n) is 1.75. The van der Waals surface area contributed by atoms with Crippen LogP contribution in [0.4, 0.5) is 0 Å². The first-order valence-corrected chi connectivity index (χ1v) is 3.55. The van der Waals surface area contributed by atoms with Crippen LogP contribution in [0.25, 0.3) is 0 Å². The fourth-order valence-electron chi connectivity index (χ4n) is 0.628. The van der Waals surface area contributed by atoms with Crippen LogP contribution in [0.1, 0.15) is 12.8 Å². The van der Waals surface area contributed by atoms with E-state index in [0.717, 1.165) is 11.2 Å². The Bertz CT molecular complexity index is 126. The molecule has 0 amide bonds. The normalized spacial score (nSPS) is 19.9. The van der Waals surface area contributed by atoms with Gasteiger partial charge in [-0.25, -0.2) is 0 Å². The molecule has 0 atom stereocenters. The van der Waals surface area contributed by atoms with E-state index in [-0.39, 0.29) is 0 Å². The molecule has 44 valence electrons. The van der Waals surface area contributed by atoms with Crippen molar-refractivity contribution in [3.63, 3.8) is 0 Å². The van der Waals surface area contributed by atoms with Crippen LogP contribution >= 0.6 is 15.9 Å². The lowest BCUT2D eigenvalue weighted by atomic mass is 10.3.